The van der Waals surface area contributed by atoms with Crippen LogP contribution in [0, 0.1) is 0 Å². The van der Waals surface area contributed by atoms with E-state index in [2.05, 4.69) is 5.32 Å². The molecular formula is C4H10NO2P. The highest BCUT2D eigenvalue weighted by atomic mass is 31.1. The summed E-state index contributed by atoms with van der Waals surface area (Å²) >= 11 is 0. The normalized spacial score (nSPS) is 24.0. The smallest absolute Gasteiger partial charge is 0.155 e. The van der Waals surface area contributed by atoms with Crippen molar-refractivity contribution in [3.8, 4) is 0 Å². The van der Waals surface area contributed by atoms with E-state index in [0.717, 1.165) is 26.3 Å². The van der Waals surface area contributed by atoms with Gasteiger partial charge in [0.05, 0.1) is 13.2 Å². The summed E-state index contributed by atoms with van der Waals surface area (Å²) in [6.07, 6.45) is 0. The van der Waals surface area contributed by atoms with Gasteiger partial charge in [0, 0.05) is 13.1 Å². The molecule has 0 aromatic heterocycles. The van der Waals surface area contributed by atoms with Crippen LogP contribution in [0.1, 0.15) is 0 Å². The van der Waals surface area contributed by atoms with Gasteiger partial charge in [0.2, 0.25) is 0 Å². The van der Waals surface area contributed by atoms with Crippen molar-refractivity contribution >= 4 is 9.03 Å². The summed E-state index contributed by atoms with van der Waals surface area (Å²) in [6.45, 7) is 3.46. The predicted octanol–water partition coefficient (Wildman–Crippen LogP) is 0.131. The molecule has 1 fully saturated rings. The molecule has 1 heterocycles. The van der Waals surface area contributed by atoms with Gasteiger partial charge in [-0.2, -0.15) is 0 Å². The van der Waals surface area contributed by atoms with Crippen LogP contribution in [0.5, 0.6) is 0 Å². The Morgan fingerprint density at radius 1 is 1.12 bits per heavy atom. The maximum Gasteiger partial charge on any atom is 0.155 e. The fourth-order valence-corrected chi connectivity index (χ4v) is 0.951. The molecule has 1 N–H and O–H groups in total. The molecule has 0 atom stereocenters. The lowest BCUT2D eigenvalue weighted by Crippen LogP contribution is -2.24. The van der Waals surface area contributed by atoms with Crippen molar-refractivity contribution in [2.45, 2.75) is 0 Å². The molecule has 8 heavy (non-hydrogen) atoms. The summed E-state index contributed by atoms with van der Waals surface area (Å²) in [5.41, 5.74) is 0. The molecule has 0 spiro atoms. The van der Waals surface area contributed by atoms with Crippen LogP contribution in [0.25, 0.3) is 0 Å². The Morgan fingerprint density at radius 2 is 1.75 bits per heavy atom. The summed E-state index contributed by atoms with van der Waals surface area (Å²) in [5.74, 6) is 0. The molecule has 1 saturated heterocycles. The second-order valence-electron chi connectivity index (χ2n) is 1.53. The third kappa shape index (κ3) is 2.58. The molecule has 0 aliphatic carbocycles. The van der Waals surface area contributed by atoms with E-state index in [1.165, 1.54) is 0 Å². The first-order chi connectivity index (χ1) is 4.00. The van der Waals surface area contributed by atoms with Crippen LogP contribution in [0.3, 0.4) is 0 Å². The van der Waals surface area contributed by atoms with E-state index in [9.17, 15) is 0 Å². The Morgan fingerprint density at radius 3 is 2.38 bits per heavy atom. The lowest BCUT2D eigenvalue weighted by molar-refractivity contribution is 0.242. The lowest BCUT2D eigenvalue weighted by Gasteiger charge is -2.09. The number of hydrogen-bond donors (Lipinski definition) is 1. The molecule has 3 nitrogen and oxygen atoms in total. The van der Waals surface area contributed by atoms with Crippen LogP contribution < -0.4 is 5.32 Å². The highest BCUT2D eigenvalue weighted by Crippen LogP contribution is 2.12. The standard InChI is InChI=1S/C4H10NO2P/c1-3-6-8-7-4-2-5-1/h5,8H,1-4H2. The molecular weight excluding hydrogens is 125 g/mol. The molecule has 1 rings (SSSR count). The SMILES string of the molecule is C1COPOCCN1. The highest BCUT2D eigenvalue weighted by molar-refractivity contribution is 7.26. The molecule has 48 valence electrons. The highest BCUT2D eigenvalue weighted by Gasteiger charge is 1.93. The summed E-state index contributed by atoms with van der Waals surface area (Å²) in [6, 6.07) is 0. The third-order valence-electron chi connectivity index (χ3n) is 0.880. The average molecular weight is 135 g/mol. The van der Waals surface area contributed by atoms with Gasteiger partial charge in [0.1, 0.15) is 0 Å². The summed E-state index contributed by atoms with van der Waals surface area (Å²) in [4.78, 5) is 0. The molecule has 0 amide bonds. The largest absolute Gasteiger partial charge is 0.335 e. The van der Waals surface area contributed by atoms with Crippen LogP contribution in [-0.4, -0.2) is 26.3 Å². The maximum atomic E-state index is 5.02. The van der Waals surface area contributed by atoms with Gasteiger partial charge < -0.3 is 14.4 Å². The Balaban J connectivity index is 2.00. The molecule has 0 radical (unpaired) electrons. The van der Waals surface area contributed by atoms with Crippen LogP contribution in [0.2, 0.25) is 0 Å². The molecule has 0 unspecified atom stereocenters. The van der Waals surface area contributed by atoms with E-state index in [1.807, 2.05) is 0 Å². The first-order valence-electron chi connectivity index (χ1n) is 2.69. The Bertz CT molecular complexity index is 38.0. The van der Waals surface area contributed by atoms with Crippen LogP contribution in [0.4, 0.5) is 0 Å². The summed E-state index contributed by atoms with van der Waals surface area (Å²) in [7, 11) is 0.250. The quantitative estimate of drug-likeness (QED) is 0.479. The van der Waals surface area contributed by atoms with Crippen molar-refractivity contribution in [3.63, 3.8) is 0 Å². The van der Waals surface area contributed by atoms with Crippen LogP contribution in [-0.2, 0) is 9.05 Å². The molecule has 1 aliphatic heterocycles. The van der Waals surface area contributed by atoms with Crippen molar-refractivity contribution in [1.82, 2.24) is 5.32 Å². The summed E-state index contributed by atoms with van der Waals surface area (Å²) < 4.78 is 10.0. The van der Waals surface area contributed by atoms with E-state index in [-0.39, 0.29) is 9.03 Å². The second kappa shape index (κ2) is 4.21. The van der Waals surface area contributed by atoms with Gasteiger partial charge in [-0.05, 0) is 0 Å². The molecule has 4 heteroatoms. The number of hydrogen-bond acceptors (Lipinski definition) is 3. The molecule has 1 aliphatic rings. The van der Waals surface area contributed by atoms with Crippen LogP contribution in [0.15, 0.2) is 0 Å². The van der Waals surface area contributed by atoms with Gasteiger partial charge in [0.15, 0.2) is 9.03 Å². The van der Waals surface area contributed by atoms with E-state index >= 15 is 0 Å². The van der Waals surface area contributed by atoms with E-state index in [1.54, 1.807) is 0 Å². The van der Waals surface area contributed by atoms with Gasteiger partial charge in [-0.25, -0.2) is 0 Å². The van der Waals surface area contributed by atoms with Crippen molar-refractivity contribution in [2.24, 2.45) is 0 Å². The fourth-order valence-electron chi connectivity index (χ4n) is 0.496. The number of rotatable bonds is 0. The molecule has 0 aromatic rings. The Hall–Kier alpha value is 0.310. The van der Waals surface area contributed by atoms with Gasteiger partial charge in [-0.15, -0.1) is 0 Å². The maximum absolute atomic E-state index is 5.02. The van der Waals surface area contributed by atoms with E-state index < -0.39 is 0 Å². The third-order valence-corrected chi connectivity index (χ3v) is 1.52. The van der Waals surface area contributed by atoms with Gasteiger partial charge in [-0.3, -0.25) is 0 Å². The first-order valence-corrected chi connectivity index (χ1v) is 3.51. The predicted molar refractivity (Wildman–Crippen MR) is 33.1 cm³/mol. The van der Waals surface area contributed by atoms with Crippen molar-refractivity contribution < 1.29 is 9.05 Å². The minimum absolute atomic E-state index is 0.250. The first kappa shape index (κ1) is 6.43. The Kier molecular flexibility index (Phi) is 3.39. The molecule has 0 bridgehead atoms. The zero-order valence-corrected chi connectivity index (χ0v) is 5.64. The molecule has 0 saturated carbocycles. The monoisotopic (exact) mass is 135 g/mol. The topological polar surface area (TPSA) is 30.5 Å². The number of nitrogens with one attached hydrogen (secondary N) is 1. The minimum atomic E-state index is 0.250. The van der Waals surface area contributed by atoms with Crippen molar-refractivity contribution in [1.29, 1.82) is 0 Å². The van der Waals surface area contributed by atoms with Crippen LogP contribution >= 0.6 is 9.03 Å². The molecule has 0 aromatic carbocycles. The summed E-state index contributed by atoms with van der Waals surface area (Å²) in [5, 5.41) is 3.14. The average Bonchev–Trinajstić information content (AvgIpc) is 1.62. The zero-order valence-electron chi connectivity index (χ0n) is 4.64. The van der Waals surface area contributed by atoms with Gasteiger partial charge in [-0.1, -0.05) is 0 Å². The minimum Gasteiger partial charge on any atom is -0.335 e. The van der Waals surface area contributed by atoms with Gasteiger partial charge >= 0.3 is 0 Å². The zero-order chi connectivity index (χ0) is 5.66. The van der Waals surface area contributed by atoms with Gasteiger partial charge in [0.25, 0.3) is 0 Å². The fraction of sp³-hybridized carbons (Fsp3) is 1.00. The Labute approximate surface area is 50.7 Å². The van der Waals surface area contributed by atoms with Crippen molar-refractivity contribution in [3.05, 3.63) is 0 Å². The lowest BCUT2D eigenvalue weighted by atomic mass is 10.6. The second-order valence-corrected chi connectivity index (χ2v) is 2.27. The van der Waals surface area contributed by atoms with Crippen molar-refractivity contribution in [2.75, 3.05) is 26.3 Å². The van der Waals surface area contributed by atoms with E-state index in [4.69, 9.17) is 9.05 Å². The van der Waals surface area contributed by atoms with E-state index in [0.29, 0.717) is 0 Å².